The Labute approximate surface area is 115 Å². The van der Waals surface area contributed by atoms with Crippen molar-refractivity contribution in [1.29, 1.82) is 0 Å². The SMILES string of the molecule is C=C/C(=C\C(N)c1ccccc1)c1cccc(C)c1. The Bertz CT molecular complexity index is 582. The highest BCUT2D eigenvalue weighted by molar-refractivity contribution is 5.74. The Hall–Kier alpha value is -2.12. The fourth-order valence-corrected chi connectivity index (χ4v) is 2.07. The van der Waals surface area contributed by atoms with Gasteiger partial charge in [-0.25, -0.2) is 0 Å². The molecule has 0 bridgehead atoms. The molecule has 0 amide bonds. The van der Waals surface area contributed by atoms with Gasteiger partial charge in [0.25, 0.3) is 0 Å². The van der Waals surface area contributed by atoms with Gasteiger partial charge in [-0.2, -0.15) is 0 Å². The van der Waals surface area contributed by atoms with Crippen LogP contribution in [0.15, 0.2) is 73.3 Å². The molecule has 2 aromatic rings. The van der Waals surface area contributed by atoms with Crippen molar-refractivity contribution in [1.82, 2.24) is 0 Å². The van der Waals surface area contributed by atoms with E-state index in [1.165, 1.54) is 5.56 Å². The second-order valence-corrected chi connectivity index (χ2v) is 4.63. The quantitative estimate of drug-likeness (QED) is 0.805. The van der Waals surface area contributed by atoms with Crippen LogP contribution >= 0.6 is 0 Å². The summed E-state index contributed by atoms with van der Waals surface area (Å²) in [6.45, 7) is 5.97. The van der Waals surface area contributed by atoms with Crippen molar-refractivity contribution >= 4 is 5.57 Å². The minimum Gasteiger partial charge on any atom is -0.321 e. The first-order valence-electron chi connectivity index (χ1n) is 6.42. The lowest BCUT2D eigenvalue weighted by molar-refractivity contribution is 0.914. The molecule has 1 nitrogen and oxygen atoms in total. The van der Waals surface area contributed by atoms with Gasteiger partial charge in [0, 0.05) is 6.04 Å². The summed E-state index contributed by atoms with van der Waals surface area (Å²) in [7, 11) is 0. The van der Waals surface area contributed by atoms with E-state index in [1.54, 1.807) is 0 Å². The highest BCUT2D eigenvalue weighted by atomic mass is 14.6. The van der Waals surface area contributed by atoms with E-state index >= 15 is 0 Å². The molecule has 0 spiro atoms. The summed E-state index contributed by atoms with van der Waals surface area (Å²) in [5.74, 6) is 0. The summed E-state index contributed by atoms with van der Waals surface area (Å²) in [5, 5.41) is 0. The molecule has 2 N–H and O–H groups in total. The molecule has 0 radical (unpaired) electrons. The third-order valence-electron chi connectivity index (χ3n) is 3.11. The zero-order valence-corrected chi connectivity index (χ0v) is 11.2. The van der Waals surface area contributed by atoms with Crippen LogP contribution in [0.4, 0.5) is 0 Å². The minimum absolute atomic E-state index is 0.116. The van der Waals surface area contributed by atoms with Gasteiger partial charge in [0.05, 0.1) is 0 Å². The van der Waals surface area contributed by atoms with Gasteiger partial charge >= 0.3 is 0 Å². The first kappa shape index (κ1) is 13.3. The van der Waals surface area contributed by atoms with Crippen molar-refractivity contribution in [3.8, 4) is 0 Å². The van der Waals surface area contributed by atoms with Crippen LogP contribution in [0.5, 0.6) is 0 Å². The smallest absolute Gasteiger partial charge is 0.0490 e. The number of allylic oxidation sites excluding steroid dienone is 2. The number of rotatable bonds is 4. The van der Waals surface area contributed by atoms with Gasteiger partial charge in [-0.1, -0.05) is 78.9 Å². The summed E-state index contributed by atoms with van der Waals surface area (Å²) in [6, 6.07) is 18.3. The molecule has 0 aliphatic heterocycles. The molecule has 19 heavy (non-hydrogen) atoms. The molecule has 2 rings (SSSR count). The zero-order chi connectivity index (χ0) is 13.7. The number of benzene rings is 2. The molecule has 0 heterocycles. The van der Waals surface area contributed by atoms with E-state index in [4.69, 9.17) is 5.73 Å². The van der Waals surface area contributed by atoms with Gasteiger partial charge in [0.1, 0.15) is 0 Å². The first-order chi connectivity index (χ1) is 9.20. The third kappa shape index (κ3) is 3.43. The molecular weight excluding hydrogens is 230 g/mol. The molecular formula is C18H19N. The maximum absolute atomic E-state index is 6.22. The molecule has 96 valence electrons. The maximum atomic E-state index is 6.22. The van der Waals surface area contributed by atoms with Crippen molar-refractivity contribution in [3.63, 3.8) is 0 Å². The van der Waals surface area contributed by atoms with Gasteiger partial charge in [-0.3, -0.25) is 0 Å². The summed E-state index contributed by atoms with van der Waals surface area (Å²) < 4.78 is 0. The topological polar surface area (TPSA) is 26.0 Å². The minimum atomic E-state index is -0.116. The summed E-state index contributed by atoms with van der Waals surface area (Å²) in [5.41, 5.74) is 10.8. The number of hydrogen-bond acceptors (Lipinski definition) is 1. The predicted octanol–water partition coefficient (Wildman–Crippen LogP) is 4.26. The molecule has 0 fully saturated rings. The molecule has 0 saturated heterocycles. The van der Waals surface area contributed by atoms with E-state index in [2.05, 4.69) is 43.8 Å². The Morgan fingerprint density at radius 3 is 2.47 bits per heavy atom. The van der Waals surface area contributed by atoms with Gasteiger partial charge < -0.3 is 5.73 Å². The monoisotopic (exact) mass is 249 g/mol. The van der Waals surface area contributed by atoms with E-state index in [-0.39, 0.29) is 6.04 Å². The largest absolute Gasteiger partial charge is 0.321 e. The third-order valence-corrected chi connectivity index (χ3v) is 3.11. The Morgan fingerprint density at radius 1 is 1.11 bits per heavy atom. The van der Waals surface area contributed by atoms with Gasteiger partial charge in [0.15, 0.2) is 0 Å². The van der Waals surface area contributed by atoms with Crippen molar-refractivity contribution in [3.05, 3.63) is 90.0 Å². The van der Waals surface area contributed by atoms with Crippen molar-refractivity contribution in [2.75, 3.05) is 0 Å². The van der Waals surface area contributed by atoms with Crippen LogP contribution in [-0.2, 0) is 0 Å². The first-order valence-corrected chi connectivity index (χ1v) is 6.42. The number of aryl methyl sites for hydroxylation is 1. The average molecular weight is 249 g/mol. The van der Waals surface area contributed by atoms with E-state index in [0.29, 0.717) is 0 Å². The van der Waals surface area contributed by atoms with E-state index in [0.717, 1.165) is 16.7 Å². The van der Waals surface area contributed by atoms with Crippen molar-refractivity contribution in [2.24, 2.45) is 5.73 Å². The molecule has 0 saturated carbocycles. The zero-order valence-electron chi connectivity index (χ0n) is 11.2. The summed E-state index contributed by atoms with van der Waals surface area (Å²) in [6.07, 6.45) is 3.91. The summed E-state index contributed by atoms with van der Waals surface area (Å²) in [4.78, 5) is 0. The van der Waals surface area contributed by atoms with Gasteiger partial charge in [0.2, 0.25) is 0 Å². The van der Waals surface area contributed by atoms with Crippen LogP contribution in [0.1, 0.15) is 22.7 Å². The van der Waals surface area contributed by atoms with E-state index in [9.17, 15) is 0 Å². The van der Waals surface area contributed by atoms with Crippen LogP contribution in [-0.4, -0.2) is 0 Å². The van der Waals surface area contributed by atoms with Crippen molar-refractivity contribution in [2.45, 2.75) is 13.0 Å². The molecule has 0 aromatic heterocycles. The van der Waals surface area contributed by atoms with E-state index < -0.39 is 0 Å². The lowest BCUT2D eigenvalue weighted by Gasteiger charge is -2.10. The molecule has 1 atom stereocenters. The fraction of sp³-hybridized carbons (Fsp3) is 0.111. The normalized spacial score (nSPS) is 13.1. The molecule has 0 aliphatic carbocycles. The highest BCUT2D eigenvalue weighted by Crippen LogP contribution is 2.21. The lowest BCUT2D eigenvalue weighted by atomic mass is 9.99. The second-order valence-electron chi connectivity index (χ2n) is 4.63. The second kappa shape index (κ2) is 6.17. The molecule has 0 aliphatic rings. The number of nitrogens with two attached hydrogens (primary N) is 1. The standard InChI is InChI=1S/C18H19N/c1-3-15(17-11-7-8-14(2)12-17)13-18(19)16-9-5-4-6-10-16/h3-13,18H,1,19H2,2H3/b15-13+. The van der Waals surface area contributed by atoms with Crippen LogP contribution in [0, 0.1) is 6.92 Å². The Balaban J connectivity index is 2.32. The van der Waals surface area contributed by atoms with Crippen LogP contribution in [0.25, 0.3) is 5.57 Å². The fourth-order valence-electron chi connectivity index (χ4n) is 2.07. The van der Waals surface area contributed by atoms with Crippen LogP contribution < -0.4 is 5.73 Å². The maximum Gasteiger partial charge on any atom is 0.0490 e. The molecule has 1 unspecified atom stereocenters. The Kier molecular flexibility index (Phi) is 4.32. The molecule has 1 heteroatoms. The highest BCUT2D eigenvalue weighted by Gasteiger charge is 2.04. The van der Waals surface area contributed by atoms with Gasteiger partial charge in [-0.15, -0.1) is 0 Å². The Morgan fingerprint density at radius 2 is 1.84 bits per heavy atom. The lowest BCUT2D eigenvalue weighted by Crippen LogP contribution is -2.07. The van der Waals surface area contributed by atoms with Crippen LogP contribution in [0.3, 0.4) is 0 Å². The van der Waals surface area contributed by atoms with E-state index in [1.807, 2.05) is 36.4 Å². The number of hydrogen-bond donors (Lipinski definition) is 1. The van der Waals surface area contributed by atoms with Gasteiger partial charge in [-0.05, 0) is 23.6 Å². The van der Waals surface area contributed by atoms with Crippen LogP contribution in [0.2, 0.25) is 0 Å². The summed E-state index contributed by atoms with van der Waals surface area (Å²) >= 11 is 0. The van der Waals surface area contributed by atoms with Crippen molar-refractivity contribution < 1.29 is 0 Å². The average Bonchev–Trinajstić information content (AvgIpc) is 2.45. The predicted molar refractivity (Wildman–Crippen MR) is 82.7 cm³/mol. The molecule has 2 aromatic carbocycles.